The van der Waals surface area contributed by atoms with Crippen LogP contribution >= 0.6 is 11.3 Å². The number of halogens is 2. The summed E-state index contributed by atoms with van der Waals surface area (Å²) in [5.74, 6) is -1.51. The summed E-state index contributed by atoms with van der Waals surface area (Å²) in [6.45, 7) is -0.575. The van der Waals surface area contributed by atoms with Crippen molar-refractivity contribution in [1.29, 1.82) is 0 Å². The highest BCUT2D eigenvalue weighted by Gasteiger charge is 2.11. The molecule has 1 aromatic rings. The summed E-state index contributed by atoms with van der Waals surface area (Å²) >= 11 is 1.16. The number of amides is 1. The lowest BCUT2D eigenvalue weighted by molar-refractivity contribution is -0.131. The van der Waals surface area contributed by atoms with E-state index in [9.17, 15) is 18.4 Å². The molecule has 5 nitrogen and oxygen atoms in total. The van der Waals surface area contributed by atoms with Gasteiger partial charge in [-0.05, 0) is 23.1 Å². The molecule has 0 aliphatic rings. The molecule has 0 spiro atoms. The second-order valence-electron chi connectivity index (χ2n) is 3.60. The molecule has 0 aliphatic carbocycles. The number of aliphatic carboxylic acids is 1. The molecular formula is C12H13F2NO4S. The zero-order chi connectivity index (χ0) is 15.0. The Kier molecular flexibility index (Phi) is 6.82. The van der Waals surface area contributed by atoms with Crippen molar-refractivity contribution in [3.8, 4) is 0 Å². The van der Waals surface area contributed by atoms with Gasteiger partial charge in [0.05, 0.1) is 11.5 Å². The van der Waals surface area contributed by atoms with Gasteiger partial charge in [0.15, 0.2) is 0 Å². The fourth-order valence-corrected chi connectivity index (χ4v) is 2.09. The van der Waals surface area contributed by atoms with Gasteiger partial charge in [-0.3, -0.25) is 4.79 Å². The number of carboxylic acid groups (broad SMARTS) is 1. The van der Waals surface area contributed by atoms with Crippen LogP contribution in [-0.4, -0.2) is 43.2 Å². The van der Waals surface area contributed by atoms with Crippen molar-refractivity contribution in [1.82, 2.24) is 5.32 Å². The molecule has 2 N–H and O–H groups in total. The number of hydrogen-bond acceptors (Lipinski definition) is 4. The zero-order valence-electron chi connectivity index (χ0n) is 10.3. The fourth-order valence-electron chi connectivity index (χ4n) is 1.29. The van der Waals surface area contributed by atoms with E-state index in [-0.39, 0.29) is 13.2 Å². The smallest absolute Gasteiger partial charge is 0.328 e. The molecule has 110 valence electrons. The molecule has 20 heavy (non-hydrogen) atoms. The van der Waals surface area contributed by atoms with Crippen molar-refractivity contribution in [2.45, 2.75) is 6.43 Å². The maximum Gasteiger partial charge on any atom is 0.328 e. The minimum Gasteiger partial charge on any atom is -0.478 e. The van der Waals surface area contributed by atoms with Gasteiger partial charge in [0, 0.05) is 12.6 Å². The summed E-state index contributed by atoms with van der Waals surface area (Å²) in [6, 6.07) is 1.62. The average molecular weight is 305 g/mol. The van der Waals surface area contributed by atoms with E-state index in [1.165, 1.54) is 6.08 Å². The molecule has 0 radical (unpaired) electrons. The maximum atomic E-state index is 11.8. The van der Waals surface area contributed by atoms with Crippen LogP contribution in [0.25, 0.3) is 6.08 Å². The van der Waals surface area contributed by atoms with E-state index in [1.807, 2.05) is 0 Å². The van der Waals surface area contributed by atoms with E-state index in [4.69, 9.17) is 5.11 Å². The molecule has 0 saturated heterocycles. The Morgan fingerprint density at radius 2 is 2.25 bits per heavy atom. The van der Waals surface area contributed by atoms with Crippen molar-refractivity contribution in [2.75, 3.05) is 19.8 Å². The Morgan fingerprint density at radius 1 is 1.50 bits per heavy atom. The summed E-state index contributed by atoms with van der Waals surface area (Å²) in [7, 11) is 0. The first-order valence-corrected chi connectivity index (χ1v) is 6.51. The quantitative estimate of drug-likeness (QED) is 0.568. The van der Waals surface area contributed by atoms with Crippen molar-refractivity contribution in [3.05, 3.63) is 28.0 Å². The number of carbonyl (C=O) groups excluding carboxylic acids is 1. The fraction of sp³-hybridized carbons (Fsp3) is 0.333. The van der Waals surface area contributed by atoms with Crippen molar-refractivity contribution >= 4 is 29.3 Å². The van der Waals surface area contributed by atoms with Crippen LogP contribution in [-0.2, 0) is 9.53 Å². The largest absolute Gasteiger partial charge is 0.478 e. The summed E-state index contributed by atoms with van der Waals surface area (Å²) in [5, 5.41) is 12.7. The summed E-state index contributed by atoms with van der Waals surface area (Å²) in [5.41, 5.74) is 0.489. The Bertz CT molecular complexity index is 488. The van der Waals surface area contributed by atoms with E-state index >= 15 is 0 Å². The highest BCUT2D eigenvalue weighted by molar-refractivity contribution is 7.12. The molecule has 1 amide bonds. The Balaban J connectivity index is 2.44. The van der Waals surface area contributed by atoms with Crippen LogP contribution in [0.4, 0.5) is 8.78 Å². The molecule has 1 aromatic heterocycles. The number of carbonyl (C=O) groups is 2. The number of ether oxygens (including phenoxy) is 1. The van der Waals surface area contributed by atoms with Crippen LogP contribution in [0, 0.1) is 0 Å². The minimum atomic E-state index is -2.53. The second kappa shape index (κ2) is 8.39. The van der Waals surface area contributed by atoms with Crippen molar-refractivity contribution in [3.63, 3.8) is 0 Å². The number of thiophene rings is 1. The Labute approximate surface area is 117 Å². The van der Waals surface area contributed by atoms with Gasteiger partial charge in [0.25, 0.3) is 12.3 Å². The lowest BCUT2D eigenvalue weighted by Crippen LogP contribution is -2.27. The van der Waals surface area contributed by atoms with E-state index in [2.05, 4.69) is 10.1 Å². The number of alkyl halides is 2. The zero-order valence-corrected chi connectivity index (χ0v) is 11.2. The predicted molar refractivity (Wildman–Crippen MR) is 70.1 cm³/mol. The van der Waals surface area contributed by atoms with Crippen molar-refractivity contribution in [2.24, 2.45) is 0 Å². The Morgan fingerprint density at radius 3 is 2.90 bits per heavy atom. The van der Waals surface area contributed by atoms with E-state index < -0.39 is 24.9 Å². The molecule has 0 aromatic carbocycles. The first kappa shape index (κ1) is 16.3. The van der Waals surface area contributed by atoms with E-state index in [0.717, 1.165) is 17.4 Å². The molecule has 0 unspecified atom stereocenters. The number of carboxylic acids is 1. The highest BCUT2D eigenvalue weighted by atomic mass is 32.1. The molecule has 0 bridgehead atoms. The van der Waals surface area contributed by atoms with Crippen LogP contribution in [0.1, 0.15) is 15.2 Å². The summed E-state index contributed by atoms with van der Waals surface area (Å²) in [6.07, 6.45) is -0.276. The van der Waals surface area contributed by atoms with E-state index in [0.29, 0.717) is 10.4 Å². The molecule has 8 heteroatoms. The van der Waals surface area contributed by atoms with Gasteiger partial charge in [-0.1, -0.05) is 0 Å². The molecule has 1 rings (SSSR count). The normalized spacial score (nSPS) is 11.2. The first-order chi connectivity index (χ1) is 9.50. The summed E-state index contributed by atoms with van der Waals surface area (Å²) < 4.78 is 28.2. The maximum absolute atomic E-state index is 11.8. The van der Waals surface area contributed by atoms with Crippen molar-refractivity contribution < 1.29 is 28.2 Å². The van der Waals surface area contributed by atoms with Gasteiger partial charge in [-0.25, -0.2) is 13.6 Å². The number of rotatable bonds is 8. The monoisotopic (exact) mass is 305 g/mol. The second-order valence-corrected chi connectivity index (χ2v) is 4.51. The molecule has 0 saturated carbocycles. The van der Waals surface area contributed by atoms with E-state index in [1.54, 1.807) is 11.4 Å². The minimum absolute atomic E-state index is 0.0121. The molecular weight excluding hydrogens is 292 g/mol. The van der Waals surface area contributed by atoms with Crippen LogP contribution in [0.15, 0.2) is 17.5 Å². The Hall–Kier alpha value is -1.80. The van der Waals surface area contributed by atoms with Crippen LogP contribution in [0.5, 0.6) is 0 Å². The molecule has 0 fully saturated rings. The molecule has 0 atom stereocenters. The highest BCUT2D eigenvalue weighted by Crippen LogP contribution is 2.18. The third-order valence-corrected chi connectivity index (χ3v) is 3.01. The summed E-state index contributed by atoms with van der Waals surface area (Å²) in [4.78, 5) is 22.6. The first-order valence-electron chi connectivity index (χ1n) is 5.63. The van der Waals surface area contributed by atoms with Gasteiger partial charge in [-0.15, -0.1) is 11.3 Å². The predicted octanol–water partition coefficient (Wildman–Crippen LogP) is 1.86. The topological polar surface area (TPSA) is 75.6 Å². The van der Waals surface area contributed by atoms with Gasteiger partial charge in [-0.2, -0.15) is 0 Å². The number of nitrogens with one attached hydrogen (secondary N) is 1. The number of hydrogen-bond donors (Lipinski definition) is 2. The third kappa shape index (κ3) is 5.89. The molecule has 0 aliphatic heterocycles. The lowest BCUT2D eigenvalue weighted by atomic mass is 10.2. The van der Waals surface area contributed by atoms with Gasteiger partial charge < -0.3 is 15.2 Å². The third-order valence-electron chi connectivity index (χ3n) is 2.08. The van der Waals surface area contributed by atoms with Crippen LogP contribution < -0.4 is 5.32 Å². The average Bonchev–Trinajstić information content (AvgIpc) is 2.83. The lowest BCUT2D eigenvalue weighted by Gasteiger charge is -2.05. The SMILES string of the molecule is O=C(O)/C=C/c1ccsc1C(=O)NCCOCC(F)F. The van der Waals surface area contributed by atoms with Gasteiger partial charge in [0.2, 0.25) is 0 Å². The van der Waals surface area contributed by atoms with Gasteiger partial charge >= 0.3 is 5.97 Å². The van der Waals surface area contributed by atoms with Crippen LogP contribution in [0.2, 0.25) is 0 Å². The van der Waals surface area contributed by atoms with Crippen LogP contribution in [0.3, 0.4) is 0 Å². The standard InChI is InChI=1S/C12H13F2NO4S/c13-9(14)7-19-5-4-15-12(18)11-8(3-6-20-11)1-2-10(16)17/h1-3,6,9H,4-5,7H2,(H,15,18)(H,16,17)/b2-1+. The van der Waals surface area contributed by atoms with Gasteiger partial charge in [0.1, 0.15) is 6.61 Å². The molecule has 1 heterocycles.